The third-order valence-corrected chi connectivity index (χ3v) is 3.57. The van der Waals surface area contributed by atoms with E-state index in [1.54, 1.807) is 11.8 Å². The number of halogens is 2. The molecule has 1 nitrogen and oxygen atoms in total. The van der Waals surface area contributed by atoms with E-state index < -0.39 is 0 Å². The Morgan fingerprint density at radius 2 is 1.80 bits per heavy atom. The maximum Gasteiger partial charge on any atom is 0.107 e. The fourth-order valence-electron chi connectivity index (χ4n) is 1.10. The van der Waals surface area contributed by atoms with Crippen LogP contribution in [0.15, 0.2) is 61.5 Å². The molecule has 0 saturated carbocycles. The molecule has 1 heterocycles. The number of rotatable bonds is 2. The van der Waals surface area contributed by atoms with Gasteiger partial charge in [0.15, 0.2) is 0 Å². The van der Waals surface area contributed by atoms with Crippen LogP contribution < -0.4 is 0 Å². The number of hydrogen-bond acceptors (Lipinski definition) is 2. The van der Waals surface area contributed by atoms with E-state index in [1.165, 1.54) is 4.90 Å². The number of nitrogens with zero attached hydrogens (tertiary/aromatic N) is 1. The van der Waals surface area contributed by atoms with Crippen LogP contribution in [0.1, 0.15) is 0 Å². The van der Waals surface area contributed by atoms with E-state index in [1.807, 2.05) is 30.3 Å². The van der Waals surface area contributed by atoms with Gasteiger partial charge in [-0.3, -0.25) is 0 Å². The second-order valence-electron chi connectivity index (χ2n) is 2.86. The van der Waals surface area contributed by atoms with Gasteiger partial charge in [-0.25, -0.2) is 4.98 Å². The lowest BCUT2D eigenvalue weighted by Gasteiger charge is -2.01. The second-order valence-corrected chi connectivity index (χ2v) is 5.68. The van der Waals surface area contributed by atoms with E-state index in [4.69, 9.17) is 0 Å². The molecule has 0 amide bonds. The van der Waals surface area contributed by atoms with Crippen molar-refractivity contribution in [3.63, 3.8) is 0 Å². The molecular weight excluding hydrogens is 338 g/mol. The van der Waals surface area contributed by atoms with Crippen LogP contribution in [-0.2, 0) is 0 Å². The van der Waals surface area contributed by atoms with E-state index >= 15 is 0 Å². The third-order valence-electron chi connectivity index (χ3n) is 1.71. The zero-order valence-electron chi connectivity index (χ0n) is 7.65. The molecule has 2 rings (SSSR count). The van der Waals surface area contributed by atoms with Crippen molar-refractivity contribution in [1.82, 2.24) is 4.98 Å². The summed E-state index contributed by atoms with van der Waals surface area (Å²) in [5.74, 6) is 0. The predicted molar refractivity (Wildman–Crippen MR) is 70.2 cm³/mol. The van der Waals surface area contributed by atoms with Gasteiger partial charge in [0.25, 0.3) is 0 Å². The average Bonchev–Trinajstić information content (AvgIpc) is 2.17. The number of benzene rings is 1. The summed E-state index contributed by atoms with van der Waals surface area (Å²) in [4.78, 5) is 5.54. The van der Waals surface area contributed by atoms with Crippen molar-refractivity contribution in [2.24, 2.45) is 0 Å². The lowest BCUT2D eigenvalue weighted by atomic mass is 10.4. The topological polar surface area (TPSA) is 12.9 Å². The molecule has 15 heavy (non-hydrogen) atoms. The minimum Gasteiger partial charge on any atom is -0.234 e. The quantitative estimate of drug-likeness (QED) is 0.728. The normalized spacial score (nSPS) is 10.3. The smallest absolute Gasteiger partial charge is 0.107 e. The standard InChI is InChI=1S/C11H7Br2NS/c12-8-3-1-4-9(7-8)15-11-6-2-5-10(13)14-11/h1-7H. The zero-order chi connectivity index (χ0) is 10.7. The Morgan fingerprint density at radius 1 is 1.00 bits per heavy atom. The summed E-state index contributed by atoms with van der Waals surface area (Å²) in [6.07, 6.45) is 0. The third kappa shape index (κ3) is 3.33. The molecule has 0 radical (unpaired) electrons. The average molecular weight is 345 g/mol. The van der Waals surface area contributed by atoms with Crippen LogP contribution in [0.3, 0.4) is 0 Å². The van der Waals surface area contributed by atoms with E-state index in [0.717, 1.165) is 14.1 Å². The Morgan fingerprint density at radius 3 is 2.53 bits per heavy atom. The van der Waals surface area contributed by atoms with Crippen LogP contribution in [0.5, 0.6) is 0 Å². The highest BCUT2D eigenvalue weighted by atomic mass is 79.9. The first-order valence-corrected chi connectivity index (χ1v) is 6.70. The van der Waals surface area contributed by atoms with Crippen molar-refractivity contribution >= 4 is 43.6 Å². The molecule has 0 spiro atoms. The molecule has 2 aromatic rings. The molecule has 1 aromatic carbocycles. The largest absolute Gasteiger partial charge is 0.234 e. The molecule has 0 aliphatic heterocycles. The van der Waals surface area contributed by atoms with Gasteiger partial charge in [0.1, 0.15) is 9.63 Å². The molecule has 0 N–H and O–H groups in total. The first-order valence-electron chi connectivity index (χ1n) is 4.30. The summed E-state index contributed by atoms with van der Waals surface area (Å²) >= 11 is 8.45. The van der Waals surface area contributed by atoms with Crippen LogP contribution in [0.2, 0.25) is 0 Å². The highest BCUT2D eigenvalue weighted by Gasteiger charge is 1.99. The molecule has 0 atom stereocenters. The van der Waals surface area contributed by atoms with Crippen molar-refractivity contribution in [3.8, 4) is 0 Å². The molecule has 0 unspecified atom stereocenters. The molecule has 4 heteroatoms. The summed E-state index contributed by atoms with van der Waals surface area (Å²) in [7, 11) is 0. The summed E-state index contributed by atoms with van der Waals surface area (Å²) in [5.41, 5.74) is 0. The van der Waals surface area contributed by atoms with Crippen molar-refractivity contribution in [1.29, 1.82) is 0 Å². The minimum absolute atomic E-state index is 0.863. The lowest BCUT2D eigenvalue weighted by molar-refractivity contribution is 1.10. The second kappa shape index (κ2) is 5.14. The van der Waals surface area contributed by atoms with Gasteiger partial charge in [0, 0.05) is 9.37 Å². The maximum absolute atomic E-state index is 4.36. The number of pyridine rings is 1. The van der Waals surface area contributed by atoms with E-state index in [2.05, 4.69) is 49.0 Å². The van der Waals surface area contributed by atoms with Crippen molar-refractivity contribution in [2.45, 2.75) is 9.92 Å². The maximum atomic E-state index is 4.36. The van der Waals surface area contributed by atoms with Crippen molar-refractivity contribution in [2.75, 3.05) is 0 Å². The molecular formula is C11H7Br2NS. The highest BCUT2D eigenvalue weighted by Crippen LogP contribution is 2.28. The summed E-state index contributed by atoms with van der Waals surface area (Å²) in [6, 6.07) is 14.1. The Hall–Kier alpha value is -0.320. The SMILES string of the molecule is Brc1cccc(Sc2cccc(Br)n2)c1. The number of aromatic nitrogens is 1. The summed E-state index contributed by atoms with van der Waals surface area (Å²) in [6.45, 7) is 0. The summed E-state index contributed by atoms with van der Waals surface area (Å²) in [5, 5.41) is 0.988. The highest BCUT2D eigenvalue weighted by molar-refractivity contribution is 9.10. The number of hydrogen-bond donors (Lipinski definition) is 0. The van der Waals surface area contributed by atoms with Crippen LogP contribution in [0.4, 0.5) is 0 Å². The predicted octanol–water partition coefficient (Wildman–Crippen LogP) is 4.76. The molecule has 0 saturated heterocycles. The zero-order valence-corrected chi connectivity index (χ0v) is 11.6. The van der Waals surface area contributed by atoms with E-state index in [9.17, 15) is 0 Å². The fraction of sp³-hybridized carbons (Fsp3) is 0. The molecule has 0 bridgehead atoms. The lowest BCUT2D eigenvalue weighted by Crippen LogP contribution is -1.80. The molecule has 0 aliphatic carbocycles. The van der Waals surface area contributed by atoms with Crippen LogP contribution in [0.25, 0.3) is 0 Å². The van der Waals surface area contributed by atoms with Gasteiger partial charge in [-0.2, -0.15) is 0 Å². The summed E-state index contributed by atoms with van der Waals surface area (Å²) < 4.78 is 1.95. The van der Waals surface area contributed by atoms with E-state index in [-0.39, 0.29) is 0 Å². The fourth-order valence-corrected chi connectivity index (χ4v) is 2.97. The Labute approximate surface area is 110 Å². The van der Waals surface area contributed by atoms with Crippen LogP contribution in [-0.4, -0.2) is 4.98 Å². The van der Waals surface area contributed by atoms with Crippen molar-refractivity contribution in [3.05, 3.63) is 51.5 Å². The van der Waals surface area contributed by atoms with Gasteiger partial charge in [-0.05, 0) is 46.3 Å². The van der Waals surface area contributed by atoms with Gasteiger partial charge in [0.05, 0.1) is 0 Å². The van der Waals surface area contributed by atoms with Crippen LogP contribution in [0, 0.1) is 0 Å². The minimum atomic E-state index is 0.863. The molecule has 1 aromatic heterocycles. The van der Waals surface area contributed by atoms with Gasteiger partial charge < -0.3 is 0 Å². The van der Waals surface area contributed by atoms with Gasteiger partial charge in [-0.1, -0.05) is 39.8 Å². The first-order chi connectivity index (χ1) is 7.24. The van der Waals surface area contributed by atoms with Gasteiger partial charge in [0.2, 0.25) is 0 Å². The van der Waals surface area contributed by atoms with E-state index in [0.29, 0.717) is 0 Å². The van der Waals surface area contributed by atoms with Gasteiger partial charge >= 0.3 is 0 Å². The van der Waals surface area contributed by atoms with Crippen molar-refractivity contribution < 1.29 is 0 Å². The molecule has 0 fully saturated rings. The Kier molecular flexibility index (Phi) is 3.83. The van der Waals surface area contributed by atoms with Crippen LogP contribution >= 0.6 is 43.6 Å². The Bertz CT molecular complexity index is 430. The first kappa shape index (κ1) is 11.2. The monoisotopic (exact) mass is 343 g/mol. The Balaban J connectivity index is 2.22. The molecule has 0 aliphatic rings. The molecule has 76 valence electrons. The van der Waals surface area contributed by atoms with Gasteiger partial charge in [-0.15, -0.1) is 0 Å².